The first kappa shape index (κ1) is 24.0. The Hall–Kier alpha value is -4.14. The van der Waals surface area contributed by atoms with Gasteiger partial charge in [0.25, 0.3) is 0 Å². The second kappa shape index (κ2) is 10.4. The van der Waals surface area contributed by atoms with Crippen LogP contribution in [0.1, 0.15) is 41.4 Å². The Labute approximate surface area is 203 Å². The molecule has 2 aromatic carbocycles. The molecule has 0 bridgehead atoms. The number of aryl methyl sites for hydroxylation is 1. The number of amides is 2. The Balaban J connectivity index is 1.39. The molecule has 0 fully saturated rings. The van der Waals surface area contributed by atoms with Gasteiger partial charge in [-0.05, 0) is 35.6 Å². The summed E-state index contributed by atoms with van der Waals surface area (Å²) in [7, 11) is 1.83. The van der Waals surface area contributed by atoms with Crippen molar-refractivity contribution >= 4 is 18.0 Å². The van der Waals surface area contributed by atoms with E-state index in [-0.39, 0.29) is 31.9 Å². The standard InChI is InChI=1S/C26H28N4O5/c1-16-27-13-17(30(16)2)14-28-25(33)23(11-12-24(31)32)29-26(34)35-15-22-20-9-5-3-7-18(20)19-8-4-6-10-21(19)22/h3-10,13,22-23H,11-12,14-15H2,1-2H3,(H,28,33)(H,29,34)(H,31,32). The van der Waals surface area contributed by atoms with E-state index in [1.165, 1.54) is 0 Å². The van der Waals surface area contributed by atoms with Crippen LogP contribution in [0.4, 0.5) is 4.79 Å². The van der Waals surface area contributed by atoms with Crippen molar-refractivity contribution in [1.82, 2.24) is 20.2 Å². The lowest BCUT2D eigenvalue weighted by Crippen LogP contribution is -2.47. The number of aromatic nitrogens is 2. The number of nitrogens with one attached hydrogen (secondary N) is 2. The van der Waals surface area contributed by atoms with Crippen LogP contribution in [0, 0.1) is 6.92 Å². The zero-order chi connectivity index (χ0) is 24.9. The molecule has 1 aliphatic carbocycles. The van der Waals surface area contributed by atoms with E-state index in [0.29, 0.717) is 0 Å². The molecule has 182 valence electrons. The van der Waals surface area contributed by atoms with Crippen molar-refractivity contribution in [3.63, 3.8) is 0 Å². The Morgan fingerprint density at radius 1 is 1.09 bits per heavy atom. The van der Waals surface area contributed by atoms with Gasteiger partial charge < -0.3 is 25.0 Å². The number of alkyl carbamates (subject to hydrolysis) is 1. The number of nitrogens with zero attached hydrogens (tertiary/aromatic N) is 2. The SMILES string of the molecule is Cc1ncc(CNC(=O)C(CCC(=O)O)NC(=O)OCC2c3ccccc3-c3ccccc32)n1C. The van der Waals surface area contributed by atoms with Gasteiger partial charge in [0.2, 0.25) is 5.91 Å². The molecule has 1 unspecified atom stereocenters. The predicted molar refractivity (Wildman–Crippen MR) is 129 cm³/mol. The fraction of sp³-hybridized carbons (Fsp3) is 0.308. The van der Waals surface area contributed by atoms with Gasteiger partial charge in [0.1, 0.15) is 18.5 Å². The summed E-state index contributed by atoms with van der Waals surface area (Å²) in [5.41, 5.74) is 5.16. The highest BCUT2D eigenvalue weighted by atomic mass is 16.5. The van der Waals surface area contributed by atoms with Gasteiger partial charge in [0.05, 0.1) is 18.4 Å². The topological polar surface area (TPSA) is 123 Å². The van der Waals surface area contributed by atoms with Crippen molar-refractivity contribution in [2.75, 3.05) is 6.61 Å². The molecule has 0 saturated carbocycles. The molecular formula is C26H28N4O5. The molecule has 0 radical (unpaired) electrons. The molecule has 0 spiro atoms. The van der Waals surface area contributed by atoms with Crippen LogP contribution in [0.2, 0.25) is 0 Å². The Bertz CT molecular complexity index is 1210. The number of carboxylic acid groups (broad SMARTS) is 1. The van der Waals surface area contributed by atoms with E-state index in [4.69, 9.17) is 9.84 Å². The van der Waals surface area contributed by atoms with Crippen molar-refractivity contribution in [2.24, 2.45) is 7.05 Å². The summed E-state index contributed by atoms with van der Waals surface area (Å²) in [6, 6.07) is 14.9. The van der Waals surface area contributed by atoms with Gasteiger partial charge in [-0.2, -0.15) is 0 Å². The molecule has 0 saturated heterocycles. The molecule has 9 heteroatoms. The highest BCUT2D eigenvalue weighted by Gasteiger charge is 2.30. The van der Waals surface area contributed by atoms with Gasteiger partial charge in [-0.25, -0.2) is 9.78 Å². The van der Waals surface area contributed by atoms with Crippen molar-refractivity contribution in [3.8, 4) is 11.1 Å². The molecular weight excluding hydrogens is 448 g/mol. The van der Waals surface area contributed by atoms with Crippen LogP contribution in [0.5, 0.6) is 0 Å². The van der Waals surface area contributed by atoms with E-state index in [1.54, 1.807) is 6.20 Å². The van der Waals surface area contributed by atoms with Crippen LogP contribution in [0.3, 0.4) is 0 Å². The smallest absolute Gasteiger partial charge is 0.407 e. The molecule has 9 nitrogen and oxygen atoms in total. The number of rotatable bonds is 9. The maximum atomic E-state index is 12.8. The Kier molecular flexibility index (Phi) is 7.14. The lowest BCUT2D eigenvalue weighted by Gasteiger charge is -2.19. The van der Waals surface area contributed by atoms with Crippen LogP contribution in [0.15, 0.2) is 54.7 Å². The number of benzene rings is 2. The minimum atomic E-state index is -1.06. The number of hydrogen-bond donors (Lipinski definition) is 3. The zero-order valence-corrected chi connectivity index (χ0v) is 19.7. The molecule has 2 amide bonds. The van der Waals surface area contributed by atoms with E-state index in [1.807, 2.05) is 67.1 Å². The van der Waals surface area contributed by atoms with Gasteiger partial charge in [-0.15, -0.1) is 0 Å². The maximum Gasteiger partial charge on any atom is 0.407 e. The van der Waals surface area contributed by atoms with E-state index in [9.17, 15) is 14.4 Å². The normalized spacial score (nSPS) is 13.0. The molecule has 35 heavy (non-hydrogen) atoms. The summed E-state index contributed by atoms with van der Waals surface area (Å²) in [4.78, 5) is 40.7. The van der Waals surface area contributed by atoms with Crippen LogP contribution in [-0.4, -0.2) is 45.3 Å². The summed E-state index contributed by atoms with van der Waals surface area (Å²) < 4.78 is 7.36. The van der Waals surface area contributed by atoms with E-state index in [0.717, 1.165) is 33.8 Å². The number of fused-ring (bicyclic) bond motifs is 3. The predicted octanol–water partition coefficient (Wildman–Crippen LogP) is 3.12. The highest BCUT2D eigenvalue weighted by Crippen LogP contribution is 2.44. The molecule has 0 aliphatic heterocycles. The minimum Gasteiger partial charge on any atom is -0.481 e. The number of aliphatic carboxylic acids is 1. The summed E-state index contributed by atoms with van der Waals surface area (Å²) in [6.45, 7) is 2.15. The van der Waals surface area contributed by atoms with E-state index >= 15 is 0 Å². The van der Waals surface area contributed by atoms with Crippen LogP contribution in [0.25, 0.3) is 11.1 Å². The average molecular weight is 477 g/mol. The summed E-state index contributed by atoms with van der Waals surface area (Å²) in [5, 5.41) is 14.4. The van der Waals surface area contributed by atoms with E-state index in [2.05, 4.69) is 15.6 Å². The molecule has 1 aromatic heterocycles. The quantitative estimate of drug-likeness (QED) is 0.436. The van der Waals surface area contributed by atoms with Gasteiger partial charge >= 0.3 is 12.1 Å². The first-order valence-electron chi connectivity index (χ1n) is 11.4. The van der Waals surface area contributed by atoms with Crippen molar-refractivity contribution in [3.05, 3.63) is 77.4 Å². The summed E-state index contributed by atoms with van der Waals surface area (Å²) in [5.74, 6) is -0.862. The fourth-order valence-electron chi connectivity index (χ4n) is 4.33. The van der Waals surface area contributed by atoms with Gasteiger partial charge in [0, 0.05) is 19.4 Å². The van der Waals surface area contributed by atoms with Crippen LogP contribution < -0.4 is 10.6 Å². The average Bonchev–Trinajstić information content (AvgIpc) is 3.35. The summed E-state index contributed by atoms with van der Waals surface area (Å²) >= 11 is 0. The lowest BCUT2D eigenvalue weighted by molar-refractivity contribution is -0.137. The van der Waals surface area contributed by atoms with E-state index < -0.39 is 24.0 Å². The molecule has 3 aromatic rings. The third kappa shape index (κ3) is 5.34. The number of carbonyl (C=O) groups is 3. The molecule has 4 rings (SSSR count). The van der Waals surface area contributed by atoms with Crippen LogP contribution in [-0.2, 0) is 27.9 Å². The second-order valence-corrected chi connectivity index (χ2v) is 8.53. The Morgan fingerprint density at radius 2 is 1.71 bits per heavy atom. The third-order valence-corrected chi connectivity index (χ3v) is 6.36. The second-order valence-electron chi connectivity index (χ2n) is 8.53. The first-order valence-corrected chi connectivity index (χ1v) is 11.4. The summed E-state index contributed by atoms with van der Waals surface area (Å²) in [6.07, 6.45) is 0.553. The number of ether oxygens (including phenoxy) is 1. The minimum absolute atomic E-state index is 0.0597. The molecule has 3 N–H and O–H groups in total. The third-order valence-electron chi connectivity index (χ3n) is 6.36. The first-order chi connectivity index (χ1) is 16.8. The Morgan fingerprint density at radius 3 is 2.29 bits per heavy atom. The van der Waals surface area contributed by atoms with Gasteiger partial charge in [-0.1, -0.05) is 48.5 Å². The maximum absolute atomic E-state index is 12.8. The number of hydrogen-bond acceptors (Lipinski definition) is 5. The monoisotopic (exact) mass is 476 g/mol. The number of carboxylic acids is 1. The largest absolute Gasteiger partial charge is 0.481 e. The molecule has 1 aliphatic rings. The highest BCUT2D eigenvalue weighted by molar-refractivity contribution is 5.86. The van der Waals surface area contributed by atoms with Gasteiger partial charge in [0.15, 0.2) is 0 Å². The van der Waals surface area contributed by atoms with Crippen molar-refractivity contribution in [2.45, 2.75) is 38.3 Å². The van der Waals surface area contributed by atoms with Crippen LogP contribution >= 0.6 is 0 Å². The number of carbonyl (C=O) groups excluding carboxylic acids is 2. The molecule has 1 heterocycles. The molecule has 1 atom stereocenters. The van der Waals surface area contributed by atoms with Gasteiger partial charge in [-0.3, -0.25) is 9.59 Å². The zero-order valence-electron chi connectivity index (χ0n) is 19.7. The van der Waals surface area contributed by atoms with Crippen molar-refractivity contribution in [1.29, 1.82) is 0 Å². The van der Waals surface area contributed by atoms with Crippen molar-refractivity contribution < 1.29 is 24.2 Å². The number of imidazole rings is 1. The lowest BCUT2D eigenvalue weighted by atomic mass is 9.98. The fourth-order valence-corrected chi connectivity index (χ4v) is 4.33.